The molecule has 1 fully saturated rings. The van der Waals surface area contributed by atoms with Crippen LogP contribution in [0.4, 0.5) is 4.39 Å². The predicted molar refractivity (Wildman–Crippen MR) is 50.1 cm³/mol. The summed E-state index contributed by atoms with van der Waals surface area (Å²) in [5.41, 5.74) is 0.814. The highest BCUT2D eigenvalue weighted by Crippen LogP contribution is 2.15. The zero-order chi connectivity index (χ0) is 9.97. The molecule has 0 amide bonds. The van der Waals surface area contributed by atoms with Crippen LogP contribution in [-0.4, -0.2) is 18.9 Å². The Balaban J connectivity index is 2.13. The van der Waals surface area contributed by atoms with Crippen molar-refractivity contribution in [2.24, 2.45) is 0 Å². The minimum Gasteiger partial charge on any atom is -0.302 e. The number of hydrogen-bond acceptors (Lipinski definition) is 3. The van der Waals surface area contributed by atoms with E-state index in [-0.39, 0.29) is 18.0 Å². The molecule has 4 heteroatoms. The lowest BCUT2D eigenvalue weighted by Crippen LogP contribution is -2.27. The summed E-state index contributed by atoms with van der Waals surface area (Å²) in [6, 6.07) is 6.15. The molecule has 74 valence electrons. The fourth-order valence-electron chi connectivity index (χ4n) is 1.56. The van der Waals surface area contributed by atoms with Gasteiger partial charge in [0.2, 0.25) is 0 Å². The molecule has 14 heavy (non-hydrogen) atoms. The molecule has 1 heterocycles. The highest BCUT2D eigenvalue weighted by Gasteiger charge is 2.23. The van der Waals surface area contributed by atoms with Crippen molar-refractivity contribution in [3.63, 3.8) is 0 Å². The summed E-state index contributed by atoms with van der Waals surface area (Å²) < 4.78 is 12.9. The molecular weight excluding hydrogens is 183 g/mol. The average molecular weight is 194 g/mol. The third-order valence-electron chi connectivity index (χ3n) is 2.27. The molecule has 0 aromatic heterocycles. The first kappa shape index (κ1) is 9.30. The van der Waals surface area contributed by atoms with Crippen molar-refractivity contribution in [1.29, 1.82) is 0 Å². The van der Waals surface area contributed by atoms with Gasteiger partial charge in [-0.1, -0.05) is 12.1 Å². The number of rotatable bonds is 2. The first-order valence-electron chi connectivity index (χ1n) is 4.50. The van der Waals surface area contributed by atoms with Crippen LogP contribution >= 0.6 is 0 Å². The zero-order valence-corrected chi connectivity index (χ0v) is 7.53. The maximum Gasteiger partial charge on any atom is 0.138 e. The van der Waals surface area contributed by atoms with E-state index in [4.69, 9.17) is 0 Å². The quantitative estimate of drug-likeness (QED) is 0.677. The Morgan fingerprint density at radius 2 is 2.36 bits per heavy atom. The summed E-state index contributed by atoms with van der Waals surface area (Å²) in [6.07, 6.45) is 0.729. The number of aldehydes is 1. The van der Waals surface area contributed by atoms with Gasteiger partial charge in [-0.2, -0.15) is 0 Å². The molecule has 0 spiro atoms. The van der Waals surface area contributed by atoms with Crippen molar-refractivity contribution in [2.45, 2.75) is 12.2 Å². The minimum atomic E-state index is -0.263. The number of halogens is 1. The van der Waals surface area contributed by atoms with Crippen LogP contribution in [0.25, 0.3) is 0 Å². The maximum atomic E-state index is 12.9. The Kier molecular flexibility index (Phi) is 2.56. The van der Waals surface area contributed by atoms with E-state index < -0.39 is 0 Å². The van der Waals surface area contributed by atoms with E-state index >= 15 is 0 Å². The van der Waals surface area contributed by atoms with E-state index in [0.717, 1.165) is 11.8 Å². The molecule has 2 N–H and O–H groups in total. The number of carbonyl (C=O) groups excluding carboxylic acids is 1. The fourth-order valence-corrected chi connectivity index (χ4v) is 1.56. The molecule has 3 nitrogen and oxygen atoms in total. The van der Waals surface area contributed by atoms with E-state index in [0.29, 0.717) is 6.54 Å². The second kappa shape index (κ2) is 3.86. The first-order valence-corrected chi connectivity index (χ1v) is 4.50. The first-order chi connectivity index (χ1) is 6.79. The summed E-state index contributed by atoms with van der Waals surface area (Å²) >= 11 is 0. The highest BCUT2D eigenvalue weighted by molar-refractivity contribution is 5.58. The molecule has 2 atom stereocenters. The third kappa shape index (κ3) is 1.81. The van der Waals surface area contributed by atoms with E-state index in [2.05, 4.69) is 10.6 Å². The number of carbonyl (C=O) groups is 1. The summed E-state index contributed by atoms with van der Waals surface area (Å²) in [5.74, 6) is -0.263. The highest BCUT2D eigenvalue weighted by atomic mass is 19.1. The van der Waals surface area contributed by atoms with Gasteiger partial charge in [0.05, 0.1) is 12.2 Å². The second-order valence-electron chi connectivity index (χ2n) is 3.31. The van der Waals surface area contributed by atoms with Gasteiger partial charge in [-0.25, -0.2) is 4.39 Å². The van der Waals surface area contributed by atoms with Crippen LogP contribution in [0, 0.1) is 5.82 Å². The van der Waals surface area contributed by atoms with E-state index in [1.165, 1.54) is 12.1 Å². The van der Waals surface area contributed by atoms with Crippen molar-refractivity contribution in [1.82, 2.24) is 10.6 Å². The van der Waals surface area contributed by atoms with Gasteiger partial charge in [0.25, 0.3) is 0 Å². The van der Waals surface area contributed by atoms with Crippen LogP contribution in [0.1, 0.15) is 11.7 Å². The summed E-state index contributed by atoms with van der Waals surface area (Å²) in [5, 5.41) is 6.13. The van der Waals surface area contributed by atoms with Crippen LogP contribution in [-0.2, 0) is 4.79 Å². The second-order valence-corrected chi connectivity index (χ2v) is 3.31. The molecule has 1 saturated heterocycles. The molecule has 1 aliphatic rings. The Morgan fingerprint density at radius 3 is 3.00 bits per heavy atom. The van der Waals surface area contributed by atoms with Gasteiger partial charge in [-0.05, 0) is 17.7 Å². The normalized spacial score (nSPS) is 26.4. The molecule has 2 rings (SSSR count). The Hall–Kier alpha value is -1.26. The molecule has 1 aromatic rings. The fraction of sp³-hybridized carbons (Fsp3) is 0.300. The van der Waals surface area contributed by atoms with Crippen LogP contribution in [0.15, 0.2) is 24.3 Å². The Labute approximate surface area is 81.3 Å². The smallest absolute Gasteiger partial charge is 0.138 e. The average Bonchev–Trinajstić information content (AvgIpc) is 2.66. The van der Waals surface area contributed by atoms with Gasteiger partial charge in [-0.15, -0.1) is 0 Å². The minimum absolute atomic E-state index is 0.124. The largest absolute Gasteiger partial charge is 0.302 e. The number of hydrogen-bond donors (Lipinski definition) is 2. The predicted octanol–water partition coefficient (Wildman–Crippen LogP) is 0.585. The molecular formula is C10H11FN2O. The van der Waals surface area contributed by atoms with Crippen molar-refractivity contribution in [3.05, 3.63) is 35.6 Å². The standard InChI is InChI=1S/C10H11FN2O/c11-8-3-1-2-7(4-8)10-12-5-9(6-14)13-10/h1-4,6,9-10,12-13H,5H2. The lowest BCUT2D eigenvalue weighted by Gasteiger charge is -2.11. The molecule has 0 saturated carbocycles. The van der Waals surface area contributed by atoms with Crippen molar-refractivity contribution in [3.8, 4) is 0 Å². The lowest BCUT2D eigenvalue weighted by molar-refractivity contribution is -0.109. The summed E-state index contributed by atoms with van der Waals surface area (Å²) in [6.45, 7) is 0.588. The van der Waals surface area contributed by atoms with Gasteiger partial charge in [-0.3, -0.25) is 10.6 Å². The van der Waals surface area contributed by atoms with Crippen molar-refractivity contribution in [2.75, 3.05) is 6.54 Å². The van der Waals surface area contributed by atoms with E-state index in [1.54, 1.807) is 6.07 Å². The van der Waals surface area contributed by atoms with Crippen LogP contribution in [0.5, 0.6) is 0 Å². The molecule has 1 aliphatic heterocycles. The SMILES string of the molecule is O=CC1CNC(c2cccc(F)c2)N1. The van der Waals surface area contributed by atoms with Gasteiger partial charge in [0.1, 0.15) is 12.1 Å². The third-order valence-corrected chi connectivity index (χ3v) is 2.27. The molecule has 2 unspecified atom stereocenters. The van der Waals surface area contributed by atoms with Gasteiger partial charge in [0.15, 0.2) is 0 Å². The van der Waals surface area contributed by atoms with Gasteiger partial charge in [0, 0.05) is 6.54 Å². The van der Waals surface area contributed by atoms with Crippen molar-refractivity contribution < 1.29 is 9.18 Å². The Morgan fingerprint density at radius 1 is 1.50 bits per heavy atom. The zero-order valence-electron chi connectivity index (χ0n) is 7.53. The number of benzene rings is 1. The van der Waals surface area contributed by atoms with Crippen LogP contribution in [0.3, 0.4) is 0 Å². The molecule has 0 aliphatic carbocycles. The summed E-state index contributed by atoms with van der Waals surface area (Å²) in [7, 11) is 0. The monoisotopic (exact) mass is 194 g/mol. The molecule has 0 bridgehead atoms. The summed E-state index contributed by atoms with van der Waals surface area (Å²) in [4.78, 5) is 10.5. The van der Waals surface area contributed by atoms with Crippen LogP contribution < -0.4 is 10.6 Å². The van der Waals surface area contributed by atoms with Gasteiger partial charge >= 0.3 is 0 Å². The lowest BCUT2D eigenvalue weighted by atomic mass is 10.2. The van der Waals surface area contributed by atoms with Gasteiger partial charge < -0.3 is 4.79 Å². The maximum absolute atomic E-state index is 12.9. The topological polar surface area (TPSA) is 41.1 Å². The molecule has 1 aromatic carbocycles. The van der Waals surface area contributed by atoms with E-state index in [1.807, 2.05) is 6.07 Å². The van der Waals surface area contributed by atoms with Crippen molar-refractivity contribution >= 4 is 6.29 Å². The number of nitrogens with one attached hydrogen (secondary N) is 2. The Bertz CT molecular complexity index is 343. The van der Waals surface area contributed by atoms with Crippen LogP contribution in [0.2, 0.25) is 0 Å². The van der Waals surface area contributed by atoms with E-state index in [9.17, 15) is 9.18 Å². The molecule has 0 radical (unpaired) electrons.